The van der Waals surface area contributed by atoms with Crippen LogP contribution < -0.4 is 0 Å². The van der Waals surface area contributed by atoms with Crippen LogP contribution in [-0.4, -0.2) is 38.3 Å². The minimum atomic E-state index is -0.500. The summed E-state index contributed by atoms with van der Waals surface area (Å²) in [7, 11) is 1.31. The summed E-state index contributed by atoms with van der Waals surface area (Å²) in [4.78, 5) is 11.5. The smallest absolute Gasteiger partial charge is 0.358 e. The molecule has 0 aliphatic heterocycles. The van der Waals surface area contributed by atoms with Gasteiger partial charge in [0, 0.05) is 17.2 Å². The first kappa shape index (κ1) is 12.3. The number of methoxy groups -OCH3 is 1. The molecule has 2 aromatic heterocycles. The van der Waals surface area contributed by atoms with Crippen molar-refractivity contribution in [3.63, 3.8) is 0 Å². The fourth-order valence-electron chi connectivity index (χ4n) is 1.45. The van der Waals surface area contributed by atoms with Gasteiger partial charge < -0.3 is 4.74 Å². The van der Waals surface area contributed by atoms with Crippen molar-refractivity contribution in [3.05, 3.63) is 23.7 Å². The predicted molar refractivity (Wildman–Crippen MR) is 63.5 cm³/mol. The number of H-pyrrole nitrogens is 1. The number of nitrogens with zero attached hydrogens (tertiary/aromatic N) is 4. The van der Waals surface area contributed by atoms with E-state index in [4.69, 9.17) is 0 Å². The molecule has 0 saturated heterocycles. The SMILES string of the molecule is COC(=O)c1cnnn1-c1cc(C(C)(C)C)[nH]n1. The molecule has 0 amide bonds. The molecule has 7 heteroatoms. The van der Waals surface area contributed by atoms with Gasteiger partial charge in [0.15, 0.2) is 11.5 Å². The number of aromatic amines is 1. The summed E-state index contributed by atoms with van der Waals surface area (Å²) in [6, 6.07) is 1.83. The zero-order chi connectivity index (χ0) is 13.3. The average molecular weight is 249 g/mol. The molecule has 2 rings (SSSR count). The van der Waals surface area contributed by atoms with E-state index in [0.29, 0.717) is 5.82 Å². The van der Waals surface area contributed by atoms with Gasteiger partial charge in [0.05, 0.1) is 13.3 Å². The van der Waals surface area contributed by atoms with Crippen LogP contribution in [0.2, 0.25) is 0 Å². The number of rotatable bonds is 2. The predicted octanol–water partition coefficient (Wildman–Crippen LogP) is 1.07. The molecule has 2 heterocycles. The molecule has 0 radical (unpaired) electrons. The molecular weight excluding hydrogens is 234 g/mol. The maximum absolute atomic E-state index is 11.5. The van der Waals surface area contributed by atoms with Gasteiger partial charge >= 0.3 is 5.97 Å². The van der Waals surface area contributed by atoms with E-state index in [9.17, 15) is 4.79 Å². The number of ether oxygens (including phenoxy) is 1. The maximum atomic E-state index is 11.5. The Balaban J connectivity index is 2.41. The van der Waals surface area contributed by atoms with Crippen LogP contribution in [0.5, 0.6) is 0 Å². The van der Waals surface area contributed by atoms with E-state index in [1.165, 1.54) is 18.0 Å². The Morgan fingerprint density at radius 1 is 1.44 bits per heavy atom. The van der Waals surface area contributed by atoms with E-state index in [1.807, 2.05) is 6.07 Å². The van der Waals surface area contributed by atoms with Crippen molar-refractivity contribution in [2.45, 2.75) is 26.2 Å². The third kappa shape index (κ3) is 2.11. The van der Waals surface area contributed by atoms with Crippen molar-refractivity contribution >= 4 is 5.97 Å². The van der Waals surface area contributed by atoms with Crippen LogP contribution >= 0.6 is 0 Å². The average Bonchev–Trinajstić information content (AvgIpc) is 2.94. The third-order valence-electron chi connectivity index (χ3n) is 2.53. The third-order valence-corrected chi connectivity index (χ3v) is 2.53. The van der Waals surface area contributed by atoms with Gasteiger partial charge in [0.25, 0.3) is 0 Å². The summed E-state index contributed by atoms with van der Waals surface area (Å²) in [5.74, 6) is 0.0122. The Labute approximate surface area is 104 Å². The summed E-state index contributed by atoms with van der Waals surface area (Å²) in [6.07, 6.45) is 1.34. The highest BCUT2D eigenvalue weighted by molar-refractivity contribution is 5.87. The first-order chi connectivity index (χ1) is 8.43. The molecule has 0 bridgehead atoms. The van der Waals surface area contributed by atoms with Crippen LogP contribution in [0.3, 0.4) is 0 Å². The van der Waals surface area contributed by atoms with Crippen LogP contribution in [0.15, 0.2) is 12.3 Å². The second-order valence-corrected chi connectivity index (χ2v) is 4.91. The normalized spacial score (nSPS) is 11.6. The van der Waals surface area contributed by atoms with E-state index in [-0.39, 0.29) is 11.1 Å². The number of hydrogen-bond acceptors (Lipinski definition) is 5. The van der Waals surface area contributed by atoms with Crippen molar-refractivity contribution in [1.82, 2.24) is 25.2 Å². The minimum Gasteiger partial charge on any atom is -0.464 e. The fraction of sp³-hybridized carbons (Fsp3) is 0.455. The first-order valence-corrected chi connectivity index (χ1v) is 5.49. The molecule has 0 unspecified atom stereocenters. The molecule has 0 aliphatic rings. The zero-order valence-electron chi connectivity index (χ0n) is 10.8. The molecule has 0 aromatic carbocycles. The zero-order valence-corrected chi connectivity index (χ0v) is 10.8. The number of carbonyl (C=O) groups excluding carboxylic acids is 1. The second-order valence-electron chi connectivity index (χ2n) is 4.91. The molecule has 0 atom stereocenters. The number of nitrogens with one attached hydrogen (secondary N) is 1. The van der Waals surface area contributed by atoms with Crippen molar-refractivity contribution in [1.29, 1.82) is 0 Å². The van der Waals surface area contributed by atoms with Gasteiger partial charge in [0.2, 0.25) is 0 Å². The highest BCUT2D eigenvalue weighted by Crippen LogP contribution is 2.21. The first-order valence-electron chi connectivity index (χ1n) is 5.49. The second kappa shape index (κ2) is 4.25. The lowest BCUT2D eigenvalue weighted by molar-refractivity contribution is 0.0590. The molecule has 0 saturated carbocycles. The highest BCUT2D eigenvalue weighted by atomic mass is 16.5. The van der Waals surface area contributed by atoms with Gasteiger partial charge in [0.1, 0.15) is 0 Å². The molecule has 1 N–H and O–H groups in total. The monoisotopic (exact) mass is 249 g/mol. The molecule has 0 fully saturated rings. The van der Waals surface area contributed by atoms with Crippen LogP contribution in [0, 0.1) is 0 Å². The Morgan fingerprint density at radius 2 is 2.17 bits per heavy atom. The molecule has 96 valence electrons. The van der Waals surface area contributed by atoms with Gasteiger partial charge in [-0.3, -0.25) is 5.10 Å². The van der Waals surface area contributed by atoms with Crippen LogP contribution in [0.1, 0.15) is 37.0 Å². The van der Waals surface area contributed by atoms with Crippen molar-refractivity contribution in [2.75, 3.05) is 7.11 Å². The summed E-state index contributed by atoms with van der Waals surface area (Å²) < 4.78 is 6.00. The Kier molecular flexibility index (Phi) is 2.90. The van der Waals surface area contributed by atoms with E-state index in [2.05, 4.69) is 46.0 Å². The van der Waals surface area contributed by atoms with E-state index in [1.54, 1.807) is 0 Å². The van der Waals surface area contributed by atoms with Gasteiger partial charge in [-0.25, -0.2) is 4.79 Å². The van der Waals surface area contributed by atoms with Crippen molar-refractivity contribution < 1.29 is 9.53 Å². The number of esters is 1. The Morgan fingerprint density at radius 3 is 2.72 bits per heavy atom. The number of aromatic nitrogens is 5. The molecule has 18 heavy (non-hydrogen) atoms. The minimum absolute atomic E-state index is 0.0583. The van der Waals surface area contributed by atoms with E-state index in [0.717, 1.165) is 5.69 Å². The lowest BCUT2D eigenvalue weighted by Gasteiger charge is -2.14. The Hall–Kier alpha value is -2.18. The molecule has 0 aliphatic carbocycles. The number of hydrogen-bond donors (Lipinski definition) is 1. The van der Waals surface area contributed by atoms with E-state index >= 15 is 0 Å². The standard InChI is InChI=1S/C11H15N5O2/c1-11(2,3)8-5-9(14-13-8)16-7(6-12-15-16)10(17)18-4/h5-6H,1-4H3,(H,13,14). The summed E-state index contributed by atoms with van der Waals surface area (Å²) in [6.45, 7) is 6.19. The molecule has 7 nitrogen and oxygen atoms in total. The molecule has 2 aromatic rings. The van der Waals surface area contributed by atoms with E-state index < -0.39 is 5.97 Å². The highest BCUT2D eigenvalue weighted by Gasteiger charge is 2.20. The lowest BCUT2D eigenvalue weighted by atomic mass is 9.92. The fourth-order valence-corrected chi connectivity index (χ4v) is 1.45. The number of carbonyl (C=O) groups is 1. The van der Waals surface area contributed by atoms with Crippen molar-refractivity contribution in [2.24, 2.45) is 0 Å². The van der Waals surface area contributed by atoms with Crippen LogP contribution in [0.4, 0.5) is 0 Å². The summed E-state index contributed by atoms with van der Waals surface area (Å²) in [5, 5.41) is 14.6. The Bertz CT molecular complexity index is 564. The van der Waals surface area contributed by atoms with Gasteiger partial charge in [-0.1, -0.05) is 26.0 Å². The van der Waals surface area contributed by atoms with Gasteiger partial charge in [-0.15, -0.1) is 5.10 Å². The maximum Gasteiger partial charge on any atom is 0.358 e. The lowest BCUT2D eigenvalue weighted by Crippen LogP contribution is -2.11. The molecule has 0 spiro atoms. The van der Waals surface area contributed by atoms with Gasteiger partial charge in [-0.05, 0) is 0 Å². The van der Waals surface area contributed by atoms with Gasteiger partial charge in [-0.2, -0.15) is 9.78 Å². The van der Waals surface area contributed by atoms with Crippen LogP contribution in [-0.2, 0) is 10.2 Å². The molecular formula is C11H15N5O2. The topological polar surface area (TPSA) is 85.7 Å². The van der Waals surface area contributed by atoms with Crippen molar-refractivity contribution in [3.8, 4) is 5.82 Å². The summed E-state index contributed by atoms with van der Waals surface area (Å²) >= 11 is 0. The quantitative estimate of drug-likeness (QED) is 0.805. The summed E-state index contributed by atoms with van der Waals surface area (Å²) in [5.41, 5.74) is 1.13. The largest absolute Gasteiger partial charge is 0.464 e. The van der Waals surface area contributed by atoms with Crippen LogP contribution in [0.25, 0.3) is 5.82 Å².